The van der Waals surface area contributed by atoms with E-state index in [4.69, 9.17) is 9.47 Å². The van der Waals surface area contributed by atoms with E-state index < -0.39 is 23.2 Å². The predicted molar refractivity (Wildman–Crippen MR) is 130 cm³/mol. The summed E-state index contributed by atoms with van der Waals surface area (Å²) >= 11 is 0. The molecule has 0 aromatic heterocycles. The molecule has 0 aliphatic carbocycles. The number of cyclic esters (lactones) is 2. The van der Waals surface area contributed by atoms with Crippen molar-refractivity contribution in [2.75, 3.05) is 52.5 Å². The largest absolute Gasteiger partial charge is 0.456 e. The monoisotopic (exact) mass is 536 g/mol. The summed E-state index contributed by atoms with van der Waals surface area (Å²) in [7, 11) is 0. The van der Waals surface area contributed by atoms with Crippen molar-refractivity contribution in [2.45, 2.75) is 51.9 Å². The molecule has 2 amide bonds. The zero-order valence-corrected chi connectivity index (χ0v) is 21.7. The minimum atomic E-state index is -1.15. The minimum absolute atomic E-state index is 0.127. The van der Waals surface area contributed by atoms with Gasteiger partial charge in [-0.3, -0.25) is 9.59 Å². The number of piperidine rings is 2. The molecule has 6 heterocycles. The molecule has 10 nitrogen and oxygen atoms in total. The molecule has 2 unspecified atom stereocenters. The number of likely N-dealkylation sites (tertiary alicyclic amines) is 2. The normalized spacial score (nSPS) is 35.5. The maximum atomic E-state index is 14.2. The minimum Gasteiger partial charge on any atom is -0.456 e. The number of halogens is 2. The third kappa shape index (κ3) is 4.12. The Bertz CT molecular complexity index is 1040. The van der Waals surface area contributed by atoms with Crippen molar-refractivity contribution in [3.8, 4) is 0 Å². The van der Waals surface area contributed by atoms with E-state index in [2.05, 4.69) is 10.6 Å². The van der Waals surface area contributed by atoms with Crippen LogP contribution in [-0.4, -0.2) is 98.4 Å². The predicted octanol–water partition coefficient (Wildman–Crippen LogP) is 0.735. The molecule has 4 fully saturated rings. The Morgan fingerprint density at radius 3 is 1.42 bits per heavy atom. The molecular formula is C26H34F2N4O6. The smallest absolute Gasteiger partial charge is 0.336 e. The number of carbonyl (C=O) groups excluding carboxylic acids is 4. The SMILES string of the molecule is CC1=C(N2CCC3(CCNC[C@@H]3F)C2=O)COC1=O.CC1=C(N2CCC3(CCNC[C@H]3F)C2=O)COC1=O. The van der Waals surface area contributed by atoms with Crippen molar-refractivity contribution in [1.29, 1.82) is 0 Å². The molecule has 0 saturated carbocycles. The van der Waals surface area contributed by atoms with Crippen LogP contribution in [0.5, 0.6) is 0 Å². The fourth-order valence-electron chi connectivity index (χ4n) is 6.42. The maximum absolute atomic E-state index is 14.2. The van der Waals surface area contributed by atoms with Crippen molar-refractivity contribution >= 4 is 23.8 Å². The van der Waals surface area contributed by atoms with E-state index >= 15 is 0 Å². The van der Waals surface area contributed by atoms with E-state index in [0.29, 0.717) is 74.4 Å². The van der Waals surface area contributed by atoms with Crippen LogP contribution in [-0.2, 0) is 28.7 Å². The number of hydrogen-bond donors (Lipinski definition) is 2. The van der Waals surface area contributed by atoms with Gasteiger partial charge in [-0.2, -0.15) is 0 Å². The van der Waals surface area contributed by atoms with Crippen molar-refractivity contribution in [1.82, 2.24) is 20.4 Å². The molecule has 6 aliphatic rings. The number of alkyl halides is 2. The van der Waals surface area contributed by atoms with Crippen LogP contribution in [0.15, 0.2) is 22.5 Å². The number of hydrogen-bond acceptors (Lipinski definition) is 8. The summed E-state index contributed by atoms with van der Waals surface area (Å²) in [6.45, 7) is 6.28. The van der Waals surface area contributed by atoms with Crippen LogP contribution in [0.1, 0.15) is 39.5 Å². The summed E-state index contributed by atoms with van der Waals surface area (Å²) in [6.07, 6.45) is -0.246. The van der Waals surface area contributed by atoms with E-state index in [1.807, 2.05) is 0 Å². The Labute approximate surface area is 219 Å². The molecule has 6 rings (SSSR count). The van der Waals surface area contributed by atoms with E-state index in [1.165, 1.54) is 0 Å². The Morgan fingerprint density at radius 2 is 1.11 bits per heavy atom. The summed E-state index contributed by atoms with van der Waals surface area (Å²) in [5.41, 5.74) is 0.355. The first-order valence-electron chi connectivity index (χ1n) is 13.2. The van der Waals surface area contributed by atoms with Gasteiger partial charge in [-0.25, -0.2) is 18.4 Å². The maximum Gasteiger partial charge on any atom is 0.336 e. The third-order valence-electron chi connectivity index (χ3n) is 9.06. The molecule has 0 aromatic carbocycles. The molecule has 6 aliphatic heterocycles. The quantitative estimate of drug-likeness (QED) is 0.497. The number of ether oxygens (including phenoxy) is 2. The molecule has 2 spiro atoms. The molecule has 12 heteroatoms. The lowest BCUT2D eigenvalue weighted by Crippen LogP contribution is -2.51. The average Bonchev–Trinajstić information content (AvgIpc) is 3.62. The van der Waals surface area contributed by atoms with Gasteiger partial charge in [-0.1, -0.05) is 0 Å². The molecule has 38 heavy (non-hydrogen) atoms. The highest BCUT2D eigenvalue weighted by molar-refractivity contribution is 5.95. The van der Waals surface area contributed by atoms with Gasteiger partial charge in [0.15, 0.2) is 0 Å². The molecule has 0 bridgehead atoms. The summed E-state index contributed by atoms with van der Waals surface area (Å²) in [6, 6.07) is 0. The van der Waals surface area contributed by atoms with Crippen molar-refractivity contribution in [3.63, 3.8) is 0 Å². The first-order valence-corrected chi connectivity index (χ1v) is 13.2. The van der Waals surface area contributed by atoms with Crippen LogP contribution in [0.25, 0.3) is 0 Å². The second kappa shape index (κ2) is 10.0. The van der Waals surface area contributed by atoms with Crippen LogP contribution < -0.4 is 10.6 Å². The first-order chi connectivity index (χ1) is 18.1. The Kier molecular flexibility index (Phi) is 7.06. The lowest BCUT2D eigenvalue weighted by molar-refractivity contribution is -0.140. The highest BCUT2D eigenvalue weighted by Crippen LogP contribution is 2.45. The number of carbonyl (C=O) groups is 4. The molecule has 208 valence electrons. The van der Waals surface area contributed by atoms with Gasteiger partial charge in [0, 0.05) is 26.2 Å². The standard InChI is InChI=1S/2C13H17FN2O3/c2*1-8-9(7-19-11(8)17)16-5-3-13(12(16)18)2-4-15-6-10(13)14/h2*10,15H,2-7H2,1H3/t2*10-,13?/m10/s1. The zero-order valence-electron chi connectivity index (χ0n) is 21.7. The van der Waals surface area contributed by atoms with Gasteiger partial charge in [0.1, 0.15) is 25.6 Å². The number of amides is 2. The first kappa shape index (κ1) is 26.7. The van der Waals surface area contributed by atoms with Crippen molar-refractivity contribution < 1.29 is 37.4 Å². The lowest BCUT2D eigenvalue weighted by Gasteiger charge is -2.35. The number of nitrogens with one attached hydrogen (secondary N) is 2. The molecule has 0 aromatic rings. The molecular weight excluding hydrogens is 502 g/mol. The van der Waals surface area contributed by atoms with Crippen LogP contribution in [0.2, 0.25) is 0 Å². The average molecular weight is 537 g/mol. The number of esters is 2. The van der Waals surface area contributed by atoms with Crippen LogP contribution in [0.3, 0.4) is 0 Å². The van der Waals surface area contributed by atoms with Crippen molar-refractivity contribution in [2.24, 2.45) is 10.8 Å². The van der Waals surface area contributed by atoms with E-state index in [1.54, 1.807) is 23.6 Å². The number of nitrogens with zero attached hydrogens (tertiary/aromatic N) is 2. The van der Waals surface area contributed by atoms with Crippen molar-refractivity contribution in [3.05, 3.63) is 22.5 Å². The summed E-state index contributed by atoms with van der Waals surface area (Å²) in [4.78, 5) is 51.0. The molecule has 4 saturated heterocycles. The molecule has 0 radical (unpaired) electrons. The molecule has 4 atom stereocenters. The van der Waals surface area contributed by atoms with Gasteiger partial charge in [0.05, 0.1) is 33.4 Å². The third-order valence-corrected chi connectivity index (χ3v) is 9.06. The summed E-state index contributed by atoms with van der Waals surface area (Å²) in [5, 5.41) is 5.94. The van der Waals surface area contributed by atoms with Gasteiger partial charge < -0.3 is 29.9 Å². The fraction of sp³-hybridized carbons (Fsp3) is 0.692. The highest BCUT2D eigenvalue weighted by atomic mass is 19.1. The van der Waals surface area contributed by atoms with Crippen LogP contribution >= 0.6 is 0 Å². The van der Waals surface area contributed by atoms with Gasteiger partial charge in [0.2, 0.25) is 11.8 Å². The summed E-state index contributed by atoms with van der Waals surface area (Å²) < 4.78 is 38.3. The summed E-state index contributed by atoms with van der Waals surface area (Å²) in [5.74, 6) is -1.14. The zero-order chi connectivity index (χ0) is 27.2. The van der Waals surface area contributed by atoms with E-state index in [0.717, 1.165) is 0 Å². The Balaban J connectivity index is 0.000000155. The van der Waals surface area contributed by atoms with Crippen LogP contribution in [0.4, 0.5) is 8.78 Å². The Morgan fingerprint density at radius 1 is 0.711 bits per heavy atom. The topological polar surface area (TPSA) is 117 Å². The second-order valence-electron chi connectivity index (χ2n) is 10.9. The highest BCUT2D eigenvalue weighted by Gasteiger charge is 2.56. The number of rotatable bonds is 2. The van der Waals surface area contributed by atoms with Gasteiger partial charge in [-0.05, 0) is 52.6 Å². The van der Waals surface area contributed by atoms with Gasteiger partial charge in [-0.15, -0.1) is 0 Å². The fourth-order valence-corrected chi connectivity index (χ4v) is 6.42. The van der Waals surface area contributed by atoms with Gasteiger partial charge in [0.25, 0.3) is 0 Å². The van der Waals surface area contributed by atoms with Gasteiger partial charge >= 0.3 is 11.9 Å². The van der Waals surface area contributed by atoms with E-state index in [-0.39, 0.29) is 50.1 Å². The van der Waals surface area contributed by atoms with Crippen LogP contribution in [0, 0.1) is 10.8 Å². The lowest BCUT2D eigenvalue weighted by atomic mass is 9.76. The second-order valence-corrected chi connectivity index (χ2v) is 10.9. The molecule has 2 N–H and O–H groups in total. The Hall–Kier alpha value is -2.86. The van der Waals surface area contributed by atoms with E-state index in [9.17, 15) is 28.0 Å².